The minimum atomic E-state index is -0.176. The summed E-state index contributed by atoms with van der Waals surface area (Å²) in [5.41, 5.74) is 3.94. The van der Waals surface area contributed by atoms with Crippen molar-refractivity contribution >= 4 is 28.8 Å². The Balaban J connectivity index is 1.98. The van der Waals surface area contributed by atoms with Gasteiger partial charge >= 0.3 is 0 Å². The number of carbonyl (C=O) groups is 2. The second-order valence-corrected chi connectivity index (χ2v) is 7.24. The number of pyridine rings is 1. The fourth-order valence-electron chi connectivity index (χ4n) is 3.43. The predicted molar refractivity (Wildman–Crippen MR) is 114 cm³/mol. The zero-order chi connectivity index (χ0) is 21.1. The first-order valence-electron chi connectivity index (χ1n) is 9.51. The Kier molecular flexibility index (Phi) is 5.87. The van der Waals surface area contributed by atoms with Crippen molar-refractivity contribution in [3.63, 3.8) is 0 Å². The first kappa shape index (κ1) is 20.4. The van der Waals surface area contributed by atoms with Crippen molar-refractivity contribution in [2.24, 2.45) is 0 Å². The maximum absolute atomic E-state index is 13.3. The number of nitrogens with zero attached hydrogens (tertiary/aromatic N) is 3. The lowest BCUT2D eigenvalue weighted by atomic mass is 10.1. The molecule has 2 aromatic heterocycles. The fraction of sp³-hybridized carbons (Fsp3) is 0.318. The van der Waals surface area contributed by atoms with Crippen LogP contribution < -0.4 is 15.0 Å². The minimum absolute atomic E-state index is 0.0819. The Morgan fingerprint density at radius 3 is 2.69 bits per heavy atom. The molecule has 0 radical (unpaired) electrons. The molecule has 152 valence electrons. The third kappa shape index (κ3) is 4.23. The van der Waals surface area contributed by atoms with Gasteiger partial charge in [0.1, 0.15) is 11.4 Å². The zero-order valence-electron chi connectivity index (χ0n) is 17.4. The van der Waals surface area contributed by atoms with Crippen LogP contribution >= 0.6 is 0 Å². The van der Waals surface area contributed by atoms with Gasteiger partial charge < -0.3 is 19.4 Å². The van der Waals surface area contributed by atoms with Gasteiger partial charge in [0.25, 0.3) is 0 Å². The molecule has 0 aliphatic rings. The molecule has 2 heterocycles. The third-order valence-corrected chi connectivity index (χ3v) is 4.68. The van der Waals surface area contributed by atoms with Gasteiger partial charge in [0.05, 0.1) is 24.9 Å². The number of hydrogen-bond acceptors (Lipinski definition) is 4. The molecule has 0 bridgehead atoms. The van der Waals surface area contributed by atoms with Gasteiger partial charge in [-0.1, -0.05) is 6.07 Å². The molecule has 0 saturated heterocycles. The van der Waals surface area contributed by atoms with E-state index in [2.05, 4.69) is 10.3 Å². The lowest BCUT2D eigenvalue weighted by Gasteiger charge is -2.29. The number of aromatic nitrogens is 2. The Bertz CT molecular complexity index is 1060. The van der Waals surface area contributed by atoms with Crippen LogP contribution in [-0.2, 0) is 16.0 Å². The molecule has 3 aromatic rings. The zero-order valence-corrected chi connectivity index (χ0v) is 17.4. The minimum Gasteiger partial charge on any atom is -0.495 e. The average molecular weight is 394 g/mol. The molecule has 0 aliphatic heterocycles. The molecule has 0 fully saturated rings. The molecule has 3 rings (SSSR count). The lowest BCUT2D eigenvalue weighted by Crippen LogP contribution is -2.38. The maximum atomic E-state index is 13.3. The van der Waals surface area contributed by atoms with Gasteiger partial charge in [0, 0.05) is 31.0 Å². The maximum Gasteiger partial charge on any atom is 0.233 e. The number of amides is 2. The van der Waals surface area contributed by atoms with Gasteiger partial charge in [-0.2, -0.15) is 0 Å². The van der Waals surface area contributed by atoms with E-state index in [4.69, 9.17) is 4.74 Å². The molecular formula is C22H26N4O3. The van der Waals surface area contributed by atoms with Gasteiger partial charge in [0.15, 0.2) is 0 Å². The van der Waals surface area contributed by atoms with Crippen LogP contribution in [0.1, 0.15) is 32.0 Å². The van der Waals surface area contributed by atoms with Crippen LogP contribution in [0.25, 0.3) is 5.65 Å². The van der Waals surface area contributed by atoms with Crippen LogP contribution in [0.4, 0.5) is 11.4 Å². The van der Waals surface area contributed by atoms with Crippen LogP contribution in [0.3, 0.4) is 0 Å². The van der Waals surface area contributed by atoms with Gasteiger partial charge in [-0.05, 0) is 50.6 Å². The van der Waals surface area contributed by atoms with E-state index in [1.54, 1.807) is 36.4 Å². The van der Waals surface area contributed by atoms with Gasteiger partial charge in [0.2, 0.25) is 11.8 Å². The number of fused-ring (bicyclic) bond motifs is 1. The number of nitrogens with one attached hydrogen (secondary N) is 1. The number of hydrogen-bond donors (Lipinski definition) is 1. The second-order valence-electron chi connectivity index (χ2n) is 7.24. The first-order chi connectivity index (χ1) is 13.8. The number of imidazole rings is 1. The number of rotatable bonds is 6. The number of aryl methyl sites for hydroxylation is 1. The average Bonchev–Trinajstić information content (AvgIpc) is 3.05. The van der Waals surface area contributed by atoms with Gasteiger partial charge in [-0.3, -0.25) is 9.59 Å². The molecule has 7 nitrogen and oxygen atoms in total. The second kappa shape index (κ2) is 8.34. The van der Waals surface area contributed by atoms with E-state index in [0.29, 0.717) is 17.1 Å². The Morgan fingerprint density at radius 2 is 2.03 bits per heavy atom. The first-order valence-corrected chi connectivity index (χ1v) is 9.51. The summed E-state index contributed by atoms with van der Waals surface area (Å²) >= 11 is 0. The monoisotopic (exact) mass is 394 g/mol. The summed E-state index contributed by atoms with van der Waals surface area (Å²) in [4.78, 5) is 30.9. The molecule has 2 amide bonds. The van der Waals surface area contributed by atoms with Crippen LogP contribution in [0, 0.1) is 6.92 Å². The van der Waals surface area contributed by atoms with Crippen molar-refractivity contribution < 1.29 is 14.3 Å². The molecule has 0 aliphatic carbocycles. The topological polar surface area (TPSA) is 75.9 Å². The summed E-state index contributed by atoms with van der Waals surface area (Å²) in [6, 6.07) is 9.09. The van der Waals surface area contributed by atoms with Gasteiger partial charge in [-0.25, -0.2) is 4.98 Å². The fourth-order valence-corrected chi connectivity index (χ4v) is 3.43. The smallest absolute Gasteiger partial charge is 0.233 e. The molecule has 1 N–H and O–H groups in total. The van der Waals surface area contributed by atoms with E-state index in [-0.39, 0.29) is 24.3 Å². The molecule has 0 atom stereocenters. The van der Waals surface area contributed by atoms with Crippen molar-refractivity contribution in [2.45, 2.75) is 40.2 Å². The summed E-state index contributed by atoms with van der Waals surface area (Å²) in [5, 5.41) is 2.76. The molecule has 0 unspecified atom stereocenters. The normalized spacial score (nSPS) is 11.0. The molecule has 29 heavy (non-hydrogen) atoms. The number of anilines is 2. The van der Waals surface area contributed by atoms with E-state index in [1.165, 1.54) is 6.92 Å². The number of ether oxygens (including phenoxy) is 1. The Morgan fingerprint density at radius 1 is 1.28 bits per heavy atom. The van der Waals surface area contributed by atoms with Crippen LogP contribution in [-0.4, -0.2) is 34.4 Å². The largest absolute Gasteiger partial charge is 0.495 e. The highest BCUT2D eigenvalue weighted by molar-refractivity contribution is 5.98. The molecule has 1 aromatic carbocycles. The molecule has 0 spiro atoms. The standard InChI is InChI=1S/C22H26N4O3/c1-14(2)26(19-11-17(24-16(4)27)8-9-20(19)29-5)21(28)12-18-13-23-22-15(3)7-6-10-25(18)22/h6-11,13-14H,12H2,1-5H3,(H,24,27). The van der Waals surface area contributed by atoms with Crippen molar-refractivity contribution in [3.05, 3.63) is 54.0 Å². The molecule has 7 heteroatoms. The van der Waals surface area contributed by atoms with E-state index >= 15 is 0 Å². The van der Waals surface area contributed by atoms with Gasteiger partial charge in [-0.15, -0.1) is 0 Å². The van der Waals surface area contributed by atoms with E-state index in [0.717, 1.165) is 16.9 Å². The van der Waals surface area contributed by atoms with E-state index in [9.17, 15) is 9.59 Å². The summed E-state index contributed by atoms with van der Waals surface area (Å²) in [5.74, 6) is 0.307. The summed E-state index contributed by atoms with van der Waals surface area (Å²) in [6.07, 6.45) is 3.84. The molecule has 0 saturated carbocycles. The number of carbonyl (C=O) groups excluding carboxylic acids is 2. The summed E-state index contributed by atoms with van der Waals surface area (Å²) in [6.45, 7) is 7.33. The highest BCUT2D eigenvalue weighted by Gasteiger charge is 2.24. The van der Waals surface area contributed by atoms with E-state index < -0.39 is 0 Å². The van der Waals surface area contributed by atoms with Crippen molar-refractivity contribution in [2.75, 3.05) is 17.3 Å². The molecular weight excluding hydrogens is 368 g/mol. The lowest BCUT2D eigenvalue weighted by molar-refractivity contribution is -0.118. The SMILES string of the molecule is COc1ccc(NC(C)=O)cc1N(C(=O)Cc1cnc2c(C)cccn12)C(C)C. The highest BCUT2D eigenvalue weighted by Crippen LogP contribution is 2.33. The quantitative estimate of drug-likeness (QED) is 0.693. The summed E-state index contributed by atoms with van der Waals surface area (Å²) < 4.78 is 7.42. The van der Waals surface area contributed by atoms with Crippen molar-refractivity contribution in [3.8, 4) is 5.75 Å². The van der Waals surface area contributed by atoms with Crippen molar-refractivity contribution in [1.29, 1.82) is 0 Å². The van der Waals surface area contributed by atoms with Crippen molar-refractivity contribution in [1.82, 2.24) is 9.38 Å². The number of methoxy groups -OCH3 is 1. The third-order valence-electron chi connectivity index (χ3n) is 4.68. The Labute approximate surface area is 170 Å². The number of benzene rings is 1. The predicted octanol–water partition coefficient (Wildman–Crippen LogP) is 3.59. The Hall–Kier alpha value is -3.35. The van der Waals surface area contributed by atoms with Crippen LogP contribution in [0.5, 0.6) is 5.75 Å². The highest BCUT2D eigenvalue weighted by atomic mass is 16.5. The van der Waals surface area contributed by atoms with Crippen LogP contribution in [0.15, 0.2) is 42.7 Å². The summed E-state index contributed by atoms with van der Waals surface area (Å²) in [7, 11) is 1.56. The van der Waals surface area contributed by atoms with E-state index in [1.807, 2.05) is 43.5 Å². The van der Waals surface area contributed by atoms with Crippen LogP contribution in [0.2, 0.25) is 0 Å².